The van der Waals surface area contributed by atoms with E-state index in [2.05, 4.69) is 114 Å². The van der Waals surface area contributed by atoms with Crippen LogP contribution in [0.25, 0.3) is 0 Å². The maximum absolute atomic E-state index is 6.23. The molecule has 3 atom stereocenters. The molecule has 2 aliphatic rings. The molecule has 4 nitrogen and oxygen atoms in total. The Morgan fingerprint density at radius 3 is 2.51 bits per heavy atom. The molecule has 0 aromatic heterocycles. The van der Waals surface area contributed by atoms with Crippen LogP contribution in [0.1, 0.15) is 58.7 Å². The Bertz CT molecular complexity index is 1590. The zero-order valence-electron chi connectivity index (χ0n) is 23.7. The Morgan fingerprint density at radius 2 is 1.73 bits per heavy atom. The fourth-order valence-corrected chi connectivity index (χ4v) is 6.74. The predicted octanol–water partition coefficient (Wildman–Crippen LogP) is 9.62. The Kier molecular flexibility index (Phi) is 7.97. The summed E-state index contributed by atoms with van der Waals surface area (Å²) in [6.45, 7) is 7.21. The number of nitrogens with one attached hydrogen (secondary N) is 1. The molecule has 0 saturated carbocycles. The molecular formula is C36H35BrN2O2. The Labute approximate surface area is 251 Å². The maximum atomic E-state index is 6.23. The number of rotatable bonds is 8. The van der Waals surface area contributed by atoms with E-state index in [1.54, 1.807) is 0 Å². The van der Waals surface area contributed by atoms with Crippen LogP contribution in [0.3, 0.4) is 0 Å². The molecule has 5 heteroatoms. The first kappa shape index (κ1) is 27.3. The van der Waals surface area contributed by atoms with Crippen LogP contribution in [0.5, 0.6) is 11.5 Å². The lowest BCUT2D eigenvalue weighted by molar-refractivity contribution is 0.267. The average molecular weight is 608 g/mol. The lowest BCUT2D eigenvalue weighted by atomic mass is 9.77. The number of hydrogen-bond donors (Lipinski definition) is 1. The van der Waals surface area contributed by atoms with Gasteiger partial charge in [-0.2, -0.15) is 0 Å². The smallest absolute Gasteiger partial charge is 0.175 e. The molecule has 4 aromatic rings. The molecule has 1 aliphatic carbocycles. The van der Waals surface area contributed by atoms with Crippen LogP contribution in [0, 0.1) is 19.8 Å². The van der Waals surface area contributed by atoms with E-state index >= 15 is 0 Å². The van der Waals surface area contributed by atoms with Gasteiger partial charge >= 0.3 is 0 Å². The van der Waals surface area contributed by atoms with E-state index in [0.717, 1.165) is 27.7 Å². The van der Waals surface area contributed by atoms with Gasteiger partial charge in [0.15, 0.2) is 11.5 Å². The molecule has 1 aliphatic heterocycles. The van der Waals surface area contributed by atoms with Crippen LogP contribution in [-0.4, -0.2) is 12.8 Å². The molecule has 0 spiro atoms. The SMILES string of the molecule is CCOc1cc(C=Nc2ccc([C@@H]3Nc4ccccc4[C@H]4C=CC[C@@H]43)cc2)cc(Br)c1OCc1cc(C)cc(C)c1. The number of benzene rings is 4. The number of para-hydroxylation sites is 1. The van der Waals surface area contributed by atoms with Crippen molar-refractivity contribution in [1.82, 2.24) is 0 Å². The first-order chi connectivity index (χ1) is 20.0. The van der Waals surface area contributed by atoms with Crippen molar-refractivity contribution in [2.24, 2.45) is 10.9 Å². The second-order valence-corrected chi connectivity index (χ2v) is 11.8. The van der Waals surface area contributed by atoms with Gasteiger partial charge in [0.05, 0.1) is 22.8 Å². The van der Waals surface area contributed by atoms with E-state index in [1.165, 1.54) is 27.9 Å². The molecule has 0 unspecified atom stereocenters. The molecule has 41 heavy (non-hydrogen) atoms. The summed E-state index contributed by atoms with van der Waals surface area (Å²) in [5.74, 6) is 2.41. The number of allylic oxidation sites excluding steroid dienone is 2. The number of fused-ring (bicyclic) bond motifs is 3. The van der Waals surface area contributed by atoms with Crippen LogP contribution in [-0.2, 0) is 6.61 Å². The molecule has 0 bridgehead atoms. The third kappa shape index (κ3) is 5.96. The molecule has 6 rings (SSSR count). The third-order valence-electron chi connectivity index (χ3n) is 7.88. The number of halogens is 1. The monoisotopic (exact) mass is 606 g/mol. The zero-order valence-corrected chi connectivity index (χ0v) is 25.3. The number of ether oxygens (including phenoxy) is 2. The van der Waals surface area contributed by atoms with Gasteiger partial charge in [-0.15, -0.1) is 0 Å². The highest BCUT2D eigenvalue weighted by Gasteiger charge is 2.37. The van der Waals surface area contributed by atoms with Crippen molar-refractivity contribution in [2.45, 2.75) is 45.8 Å². The fourth-order valence-electron chi connectivity index (χ4n) is 6.16. The number of anilines is 1. The van der Waals surface area contributed by atoms with Gasteiger partial charge in [-0.25, -0.2) is 0 Å². The summed E-state index contributed by atoms with van der Waals surface area (Å²) in [7, 11) is 0. The van der Waals surface area contributed by atoms with E-state index in [4.69, 9.17) is 14.5 Å². The molecule has 0 amide bonds. The van der Waals surface area contributed by atoms with E-state index < -0.39 is 0 Å². The number of aliphatic imine (C=N–C) groups is 1. The molecule has 208 valence electrons. The maximum Gasteiger partial charge on any atom is 0.175 e. The topological polar surface area (TPSA) is 42.8 Å². The third-order valence-corrected chi connectivity index (χ3v) is 8.47. The first-order valence-corrected chi connectivity index (χ1v) is 15.1. The van der Waals surface area contributed by atoms with Crippen molar-refractivity contribution >= 4 is 33.5 Å². The second kappa shape index (κ2) is 12.0. The van der Waals surface area contributed by atoms with Gasteiger partial charge in [-0.05, 0) is 102 Å². The summed E-state index contributed by atoms with van der Waals surface area (Å²) in [5.41, 5.74) is 9.39. The quantitative estimate of drug-likeness (QED) is 0.160. The van der Waals surface area contributed by atoms with Crippen molar-refractivity contribution in [3.8, 4) is 11.5 Å². The van der Waals surface area contributed by atoms with E-state index in [1.807, 2.05) is 25.3 Å². The van der Waals surface area contributed by atoms with Gasteiger partial charge in [-0.3, -0.25) is 4.99 Å². The highest BCUT2D eigenvalue weighted by atomic mass is 79.9. The van der Waals surface area contributed by atoms with Gasteiger partial charge in [0, 0.05) is 17.8 Å². The molecule has 0 fully saturated rings. The average Bonchev–Trinajstić information content (AvgIpc) is 3.46. The Hall–Kier alpha value is -3.83. The highest BCUT2D eigenvalue weighted by molar-refractivity contribution is 9.10. The van der Waals surface area contributed by atoms with Gasteiger partial charge in [0.25, 0.3) is 0 Å². The van der Waals surface area contributed by atoms with E-state index in [9.17, 15) is 0 Å². The number of hydrogen-bond acceptors (Lipinski definition) is 4. The number of aryl methyl sites for hydroxylation is 2. The molecular weight excluding hydrogens is 572 g/mol. The zero-order chi connectivity index (χ0) is 28.3. The highest BCUT2D eigenvalue weighted by Crippen LogP contribution is 2.49. The van der Waals surface area contributed by atoms with Crippen LogP contribution >= 0.6 is 15.9 Å². The van der Waals surface area contributed by atoms with E-state index in [0.29, 0.717) is 36.5 Å². The summed E-state index contributed by atoms with van der Waals surface area (Å²) >= 11 is 3.71. The van der Waals surface area contributed by atoms with E-state index in [-0.39, 0.29) is 6.04 Å². The summed E-state index contributed by atoms with van der Waals surface area (Å²) < 4.78 is 13.0. The number of nitrogens with zero attached hydrogens (tertiary/aromatic N) is 1. The Balaban J connectivity index is 1.18. The summed E-state index contributed by atoms with van der Waals surface area (Å²) in [6.07, 6.45) is 7.68. The van der Waals surface area contributed by atoms with Crippen molar-refractivity contribution in [3.05, 3.63) is 129 Å². The standard InChI is InChI=1S/C36H35BrN2O2/c1-4-40-34-20-25(19-32(37)36(34)41-22-26-17-23(2)16-24(3)18-26)21-38-28-14-12-27(13-15-28)35-31-10-7-9-29(31)30-8-5-6-11-33(30)39-35/h5-9,11-21,29,31,35,39H,4,10,22H2,1-3H3/t29-,31+,35+/m1/s1. The molecule has 1 heterocycles. The second-order valence-electron chi connectivity index (χ2n) is 11.0. The normalized spacial score (nSPS) is 19.1. The van der Waals surface area contributed by atoms with Crippen molar-refractivity contribution in [2.75, 3.05) is 11.9 Å². The summed E-state index contributed by atoms with van der Waals surface area (Å²) in [4.78, 5) is 4.78. The molecule has 1 N–H and O–H groups in total. The van der Waals surface area contributed by atoms with Crippen LogP contribution < -0.4 is 14.8 Å². The minimum atomic E-state index is 0.281. The predicted molar refractivity (Wildman–Crippen MR) is 172 cm³/mol. The lowest BCUT2D eigenvalue weighted by Crippen LogP contribution is -2.28. The minimum absolute atomic E-state index is 0.281. The van der Waals surface area contributed by atoms with Crippen molar-refractivity contribution in [1.29, 1.82) is 0 Å². The molecule has 0 saturated heterocycles. The van der Waals surface area contributed by atoms with Crippen LogP contribution in [0.2, 0.25) is 0 Å². The Morgan fingerprint density at radius 1 is 0.951 bits per heavy atom. The first-order valence-electron chi connectivity index (χ1n) is 14.3. The summed E-state index contributed by atoms with van der Waals surface area (Å²) in [5, 5.41) is 3.81. The summed E-state index contributed by atoms with van der Waals surface area (Å²) in [6, 6.07) is 28.1. The van der Waals surface area contributed by atoms with Crippen LogP contribution in [0.15, 0.2) is 100 Å². The van der Waals surface area contributed by atoms with Gasteiger partial charge < -0.3 is 14.8 Å². The lowest BCUT2D eigenvalue weighted by Gasteiger charge is -2.37. The fraction of sp³-hybridized carbons (Fsp3) is 0.250. The van der Waals surface area contributed by atoms with Crippen molar-refractivity contribution in [3.63, 3.8) is 0 Å². The van der Waals surface area contributed by atoms with Gasteiger partial charge in [0.1, 0.15) is 6.61 Å². The van der Waals surface area contributed by atoms with Crippen molar-refractivity contribution < 1.29 is 9.47 Å². The molecule has 4 aromatic carbocycles. The largest absolute Gasteiger partial charge is 0.490 e. The molecule has 0 radical (unpaired) electrons. The van der Waals surface area contributed by atoms with Gasteiger partial charge in [-0.1, -0.05) is 71.8 Å². The van der Waals surface area contributed by atoms with Gasteiger partial charge in [0.2, 0.25) is 0 Å². The van der Waals surface area contributed by atoms with Crippen LogP contribution in [0.4, 0.5) is 11.4 Å². The minimum Gasteiger partial charge on any atom is -0.490 e.